The van der Waals surface area contributed by atoms with Crippen LogP contribution in [0, 0.1) is 0 Å². The van der Waals surface area contributed by atoms with Crippen molar-refractivity contribution in [1.29, 1.82) is 0 Å². The zero-order valence-electron chi connectivity index (χ0n) is 12.7. The highest BCUT2D eigenvalue weighted by molar-refractivity contribution is 7.98. The Bertz CT molecular complexity index is 579. The van der Waals surface area contributed by atoms with Gasteiger partial charge in [-0.3, -0.25) is 4.90 Å². The third-order valence-electron chi connectivity index (χ3n) is 4.18. The predicted molar refractivity (Wildman–Crippen MR) is 86.5 cm³/mol. The van der Waals surface area contributed by atoms with Crippen molar-refractivity contribution in [1.82, 2.24) is 10.1 Å². The van der Waals surface area contributed by atoms with Crippen molar-refractivity contribution in [2.24, 2.45) is 0 Å². The fourth-order valence-electron chi connectivity index (χ4n) is 2.95. The largest absolute Gasteiger partial charge is 0.359 e. The molecule has 1 atom stereocenters. The Balaban J connectivity index is 1.71. The highest BCUT2D eigenvalue weighted by Gasteiger charge is 2.29. The molecule has 1 aromatic carbocycles. The Labute approximate surface area is 130 Å². The molecule has 0 N–H and O–H groups in total. The maximum absolute atomic E-state index is 5.55. The van der Waals surface area contributed by atoms with Gasteiger partial charge in [0.25, 0.3) is 0 Å². The number of thioether (sulfide) groups is 1. The Morgan fingerprint density at radius 2 is 2.14 bits per heavy atom. The summed E-state index contributed by atoms with van der Waals surface area (Å²) in [5.74, 6) is 1.03. The Hall–Kier alpha value is -1.26. The molecule has 0 unspecified atom stereocenters. The van der Waals surface area contributed by atoms with Crippen LogP contribution in [0.15, 0.2) is 39.8 Å². The van der Waals surface area contributed by atoms with Crippen LogP contribution < -0.4 is 0 Å². The van der Waals surface area contributed by atoms with Gasteiger partial charge in [0, 0.05) is 17.5 Å². The average molecular weight is 302 g/mol. The maximum Gasteiger partial charge on any atom is 0.154 e. The highest BCUT2D eigenvalue weighted by Crippen LogP contribution is 2.33. The standard InChI is InChI=1S/C17H22N2OS/c1-3-14-11-17(20-18-14)16-5-4-10-19(16)12-13-6-8-15(21-2)9-7-13/h6-9,11,16H,3-5,10,12H2,1-2H3/t16-/m0/s1. The number of aryl methyl sites for hydroxylation is 1. The molecular weight excluding hydrogens is 280 g/mol. The number of hydrogen-bond donors (Lipinski definition) is 0. The molecule has 0 saturated carbocycles. The minimum atomic E-state index is 0.387. The molecule has 2 heterocycles. The predicted octanol–water partition coefficient (Wildman–Crippen LogP) is 4.30. The van der Waals surface area contributed by atoms with Gasteiger partial charge in [0.1, 0.15) is 0 Å². The van der Waals surface area contributed by atoms with Crippen LogP contribution in [0.2, 0.25) is 0 Å². The molecule has 3 rings (SSSR count). The van der Waals surface area contributed by atoms with Gasteiger partial charge < -0.3 is 4.52 Å². The van der Waals surface area contributed by atoms with Crippen molar-refractivity contribution in [3.63, 3.8) is 0 Å². The number of benzene rings is 1. The van der Waals surface area contributed by atoms with Crippen LogP contribution >= 0.6 is 11.8 Å². The summed E-state index contributed by atoms with van der Waals surface area (Å²) in [7, 11) is 0. The molecule has 0 radical (unpaired) electrons. The molecule has 21 heavy (non-hydrogen) atoms. The summed E-state index contributed by atoms with van der Waals surface area (Å²) in [5.41, 5.74) is 2.43. The van der Waals surface area contributed by atoms with Crippen molar-refractivity contribution in [2.45, 2.75) is 43.7 Å². The average Bonchev–Trinajstić information content (AvgIpc) is 3.16. The van der Waals surface area contributed by atoms with E-state index in [0.717, 1.165) is 31.0 Å². The van der Waals surface area contributed by atoms with Crippen molar-refractivity contribution in [2.75, 3.05) is 12.8 Å². The first-order chi connectivity index (χ1) is 10.3. The van der Waals surface area contributed by atoms with Gasteiger partial charge in [-0.1, -0.05) is 24.2 Å². The Kier molecular flexibility index (Phi) is 4.66. The monoisotopic (exact) mass is 302 g/mol. The van der Waals surface area contributed by atoms with Gasteiger partial charge in [-0.15, -0.1) is 11.8 Å². The van der Waals surface area contributed by atoms with Gasteiger partial charge in [-0.05, 0) is 49.8 Å². The van der Waals surface area contributed by atoms with Gasteiger partial charge >= 0.3 is 0 Å². The summed E-state index contributed by atoms with van der Waals surface area (Å²) in [4.78, 5) is 3.83. The van der Waals surface area contributed by atoms with Crippen LogP contribution in [0.4, 0.5) is 0 Å². The molecule has 2 aromatic rings. The highest BCUT2D eigenvalue weighted by atomic mass is 32.2. The Morgan fingerprint density at radius 1 is 1.33 bits per heavy atom. The number of rotatable bonds is 5. The lowest BCUT2D eigenvalue weighted by atomic mass is 10.1. The van der Waals surface area contributed by atoms with Crippen molar-refractivity contribution in [3.8, 4) is 0 Å². The van der Waals surface area contributed by atoms with Gasteiger partial charge in [0.15, 0.2) is 5.76 Å². The van der Waals surface area contributed by atoms with E-state index >= 15 is 0 Å². The van der Waals surface area contributed by atoms with Gasteiger partial charge in [-0.2, -0.15) is 0 Å². The molecule has 0 aliphatic carbocycles. The van der Waals surface area contributed by atoms with Crippen molar-refractivity contribution >= 4 is 11.8 Å². The third kappa shape index (κ3) is 3.33. The molecule has 1 aliphatic heterocycles. The summed E-state index contributed by atoms with van der Waals surface area (Å²) in [5, 5.41) is 4.14. The van der Waals surface area contributed by atoms with E-state index < -0.39 is 0 Å². The number of likely N-dealkylation sites (tertiary alicyclic amines) is 1. The lowest BCUT2D eigenvalue weighted by Gasteiger charge is -2.22. The lowest BCUT2D eigenvalue weighted by molar-refractivity contribution is 0.206. The number of nitrogens with zero attached hydrogens (tertiary/aromatic N) is 2. The first kappa shape index (κ1) is 14.7. The molecular formula is C17H22N2OS. The second kappa shape index (κ2) is 6.67. The van der Waals surface area contributed by atoms with E-state index in [1.54, 1.807) is 11.8 Å². The molecule has 112 valence electrons. The van der Waals surface area contributed by atoms with E-state index in [9.17, 15) is 0 Å². The van der Waals surface area contributed by atoms with Crippen LogP contribution in [0.25, 0.3) is 0 Å². The molecule has 1 fully saturated rings. The zero-order chi connectivity index (χ0) is 14.7. The minimum Gasteiger partial charge on any atom is -0.359 e. The quantitative estimate of drug-likeness (QED) is 0.770. The minimum absolute atomic E-state index is 0.387. The van der Waals surface area contributed by atoms with Crippen LogP contribution in [0.1, 0.15) is 42.8 Å². The van der Waals surface area contributed by atoms with Crippen LogP contribution in [0.3, 0.4) is 0 Å². The van der Waals surface area contributed by atoms with Crippen molar-refractivity contribution in [3.05, 3.63) is 47.3 Å². The zero-order valence-corrected chi connectivity index (χ0v) is 13.5. The first-order valence-corrected chi connectivity index (χ1v) is 8.85. The molecule has 1 saturated heterocycles. The second-order valence-corrected chi connectivity index (χ2v) is 6.43. The summed E-state index contributed by atoms with van der Waals surface area (Å²) < 4.78 is 5.55. The lowest BCUT2D eigenvalue weighted by Crippen LogP contribution is -2.22. The molecule has 3 nitrogen and oxygen atoms in total. The topological polar surface area (TPSA) is 29.3 Å². The van der Waals surface area contributed by atoms with E-state index in [4.69, 9.17) is 4.52 Å². The SMILES string of the molecule is CCc1cc([C@@H]2CCCN2Cc2ccc(SC)cc2)on1. The summed E-state index contributed by atoms with van der Waals surface area (Å²) >= 11 is 1.79. The molecule has 0 bridgehead atoms. The molecule has 1 aliphatic rings. The van der Waals surface area contributed by atoms with Crippen LogP contribution in [-0.4, -0.2) is 22.9 Å². The van der Waals surface area contributed by atoms with E-state index in [1.807, 2.05) is 0 Å². The second-order valence-electron chi connectivity index (χ2n) is 5.55. The maximum atomic E-state index is 5.55. The molecule has 4 heteroatoms. The first-order valence-electron chi connectivity index (χ1n) is 7.62. The molecule has 0 spiro atoms. The van der Waals surface area contributed by atoms with Crippen LogP contribution in [0.5, 0.6) is 0 Å². The summed E-state index contributed by atoms with van der Waals surface area (Å²) in [6.07, 6.45) is 5.45. The van der Waals surface area contributed by atoms with E-state index in [1.165, 1.54) is 23.3 Å². The van der Waals surface area contributed by atoms with Gasteiger partial charge in [0.2, 0.25) is 0 Å². The smallest absolute Gasteiger partial charge is 0.154 e. The molecule has 1 aromatic heterocycles. The van der Waals surface area contributed by atoms with Crippen molar-refractivity contribution < 1.29 is 4.52 Å². The number of hydrogen-bond acceptors (Lipinski definition) is 4. The van der Waals surface area contributed by atoms with Gasteiger partial charge in [-0.25, -0.2) is 0 Å². The van der Waals surface area contributed by atoms with E-state index in [0.29, 0.717) is 6.04 Å². The summed E-state index contributed by atoms with van der Waals surface area (Å²) in [6, 6.07) is 11.4. The Morgan fingerprint density at radius 3 is 2.81 bits per heavy atom. The number of aromatic nitrogens is 1. The normalized spacial score (nSPS) is 19.2. The van der Waals surface area contributed by atoms with Gasteiger partial charge in [0.05, 0.1) is 11.7 Å². The fraction of sp³-hybridized carbons (Fsp3) is 0.471. The summed E-state index contributed by atoms with van der Waals surface area (Å²) in [6.45, 7) is 4.24. The fourth-order valence-corrected chi connectivity index (χ4v) is 3.36. The van der Waals surface area contributed by atoms with Crippen LogP contribution in [-0.2, 0) is 13.0 Å². The van der Waals surface area contributed by atoms with E-state index in [-0.39, 0.29) is 0 Å². The van der Waals surface area contributed by atoms with E-state index in [2.05, 4.69) is 53.6 Å². The third-order valence-corrected chi connectivity index (χ3v) is 4.92. The molecule has 0 amide bonds.